The van der Waals surface area contributed by atoms with Crippen molar-refractivity contribution in [2.24, 2.45) is 5.92 Å². The third-order valence-corrected chi connectivity index (χ3v) is 3.50. The molecular formula is C18H30O2. The van der Waals surface area contributed by atoms with E-state index in [2.05, 4.69) is 53.7 Å². The average molecular weight is 278 g/mol. The van der Waals surface area contributed by atoms with Crippen LogP contribution >= 0.6 is 0 Å². The smallest absolute Gasteiger partial charge is 0.102 e. The number of aliphatic hydroxyl groups is 1. The fraction of sp³-hybridized carbons (Fsp3) is 0.667. The summed E-state index contributed by atoms with van der Waals surface area (Å²) < 4.78 is 5.72. The van der Waals surface area contributed by atoms with Crippen molar-refractivity contribution >= 4 is 0 Å². The predicted octanol–water partition coefficient (Wildman–Crippen LogP) is 4.47. The molecule has 1 aromatic rings. The first-order valence-electron chi connectivity index (χ1n) is 7.60. The Balaban J connectivity index is 2.54. The van der Waals surface area contributed by atoms with Gasteiger partial charge in [0, 0.05) is 0 Å². The topological polar surface area (TPSA) is 29.5 Å². The summed E-state index contributed by atoms with van der Waals surface area (Å²) in [4.78, 5) is 0. The van der Waals surface area contributed by atoms with Crippen LogP contribution in [0.4, 0.5) is 0 Å². The molecule has 20 heavy (non-hydrogen) atoms. The van der Waals surface area contributed by atoms with Crippen LogP contribution in [-0.2, 0) is 10.2 Å². The SMILES string of the molecule is CC(C)CC(C)OCC(O)c1ccc(C(C)(C)C)cc1. The first-order valence-corrected chi connectivity index (χ1v) is 7.60. The van der Waals surface area contributed by atoms with Crippen LogP contribution in [0, 0.1) is 5.92 Å². The summed E-state index contributed by atoms with van der Waals surface area (Å²) in [6, 6.07) is 8.19. The maximum Gasteiger partial charge on any atom is 0.102 e. The zero-order valence-corrected chi connectivity index (χ0v) is 13.8. The molecule has 0 saturated heterocycles. The van der Waals surface area contributed by atoms with Crippen molar-refractivity contribution in [2.45, 2.75) is 65.6 Å². The van der Waals surface area contributed by atoms with E-state index in [0.717, 1.165) is 12.0 Å². The molecule has 2 atom stereocenters. The van der Waals surface area contributed by atoms with E-state index >= 15 is 0 Å². The van der Waals surface area contributed by atoms with Crippen LogP contribution in [0.1, 0.15) is 65.2 Å². The van der Waals surface area contributed by atoms with Crippen LogP contribution in [0.25, 0.3) is 0 Å². The molecule has 1 N–H and O–H groups in total. The number of aliphatic hydroxyl groups excluding tert-OH is 1. The van der Waals surface area contributed by atoms with Crippen LogP contribution in [0.15, 0.2) is 24.3 Å². The van der Waals surface area contributed by atoms with Crippen molar-refractivity contribution in [3.63, 3.8) is 0 Å². The fourth-order valence-electron chi connectivity index (χ4n) is 2.29. The van der Waals surface area contributed by atoms with Gasteiger partial charge in [-0.15, -0.1) is 0 Å². The summed E-state index contributed by atoms with van der Waals surface area (Å²) in [5.41, 5.74) is 2.35. The quantitative estimate of drug-likeness (QED) is 0.832. The van der Waals surface area contributed by atoms with Crippen LogP contribution < -0.4 is 0 Å². The van der Waals surface area contributed by atoms with Gasteiger partial charge in [0.1, 0.15) is 6.10 Å². The minimum atomic E-state index is -0.543. The minimum Gasteiger partial charge on any atom is -0.386 e. The lowest BCUT2D eigenvalue weighted by Gasteiger charge is -2.21. The molecule has 114 valence electrons. The molecule has 0 radical (unpaired) electrons. The van der Waals surface area contributed by atoms with Gasteiger partial charge in [-0.2, -0.15) is 0 Å². The summed E-state index contributed by atoms with van der Waals surface area (Å²) in [6.45, 7) is 13.4. The highest BCUT2D eigenvalue weighted by atomic mass is 16.5. The Hall–Kier alpha value is -0.860. The van der Waals surface area contributed by atoms with Crippen molar-refractivity contribution in [3.8, 4) is 0 Å². The molecule has 1 aromatic carbocycles. The maximum atomic E-state index is 10.2. The van der Waals surface area contributed by atoms with Crippen molar-refractivity contribution < 1.29 is 9.84 Å². The Bertz CT molecular complexity index is 387. The van der Waals surface area contributed by atoms with E-state index < -0.39 is 6.10 Å². The third kappa shape index (κ3) is 5.64. The molecule has 0 bridgehead atoms. The van der Waals surface area contributed by atoms with Gasteiger partial charge in [-0.05, 0) is 35.8 Å². The van der Waals surface area contributed by atoms with E-state index in [1.807, 2.05) is 12.1 Å². The summed E-state index contributed by atoms with van der Waals surface area (Å²) in [5.74, 6) is 0.619. The monoisotopic (exact) mass is 278 g/mol. The van der Waals surface area contributed by atoms with E-state index in [1.54, 1.807) is 0 Å². The predicted molar refractivity (Wildman–Crippen MR) is 85.0 cm³/mol. The van der Waals surface area contributed by atoms with Gasteiger partial charge in [0.25, 0.3) is 0 Å². The van der Waals surface area contributed by atoms with E-state index in [1.165, 1.54) is 5.56 Å². The molecular weight excluding hydrogens is 248 g/mol. The number of ether oxygens (including phenoxy) is 1. The lowest BCUT2D eigenvalue weighted by molar-refractivity contribution is -0.0101. The molecule has 2 unspecified atom stereocenters. The lowest BCUT2D eigenvalue weighted by atomic mass is 9.86. The van der Waals surface area contributed by atoms with Crippen LogP contribution in [0.3, 0.4) is 0 Å². The van der Waals surface area contributed by atoms with Gasteiger partial charge in [-0.25, -0.2) is 0 Å². The van der Waals surface area contributed by atoms with E-state index in [0.29, 0.717) is 12.5 Å². The van der Waals surface area contributed by atoms with Gasteiger partial charge in [0.15, 0.2) is 0 Å². The van der Waals surface area contributed by atoms with Gasteiger partial charge in [0.2, 0.25) is 0 Å². The first-order chi connectivity index (χ1) is 9.20. The Kier molecular flexibility index (Phi) is 6.22. The first kappa shape index (κ1) is 17.2. The highest BCUT2D eigenvalue weighted by molar-refractivity contribution is 5.28. The molecule has 0 aliphatic heterocycles. The van der Waals surface area contributed by atoms with Gasteiger partial charge in [0.05, 0.1) is 12.7 Å². The summed E-state index contributed by atoms with van der Waals surface area (Å²) in [6.07, 6.45) is 0.674. The summed E-state index contributed by atoms with van der Waals surface area (Å²) in [7, 11) is 0. The third-order valence-electron chi connectivity index (χ3n) is 3.50. The average Bonchev–Trinajstić information content (AvgIpc) is 2.34. The van der Waals surface area contributed by atoms with Gasteiger partial charge >= 0.3 is 0 Å². The van der Waals surface area contributed by atoms with Crippen molar-refractivity contribution in [1.29, 1.82) is 0 Å². The van der Waals surface area contributed by atoms with Crippen LogP contribution in [0.2, 0.25) is 0 Å². The highest BCUT2D eigenvalue weighted by Gasteiger charge is 2.15. The maximum absolute atomic E-state index is 10.2. The second-order valence-electron chi connectivity index (χ2n) is 7.16. The Morgan fingerprint density at radius 2 is 1.60 bits per heavy atom. The zero-order valence-electron chi connectivity index (χ0n) is 13.8. The second-order valence-corrected chi connectivity index (χ2v) is 7.16. The molecule has 0 heterocycles. The zero-order chi connectivity index (χ0) is 15.3. The lowest BCUT2D eigenvalue weighted by Crippen LogP contribution is -2.16. The number of hydrogen-bond donors (Lipinski definition) is 1. The molecule has 0 amide bonds. The number of benzene rings is 1. The standard InChI is InChI=1S/C18H30O2/c1-13(2)11-14(3)20-12-17(19)15-7-9-16(10-8-15)18(4,5)6/h7-10,13-14,17,19H,11-12H2,1-6H3. The Morgan fingerprint density at radius 1 is 1.05 bits per heavy atom. The van der Waals surface area contributed by atoms with E-state index in [-0.39, 0.29) is 11.5 Å². The molecule has 0 aromatic heterocycles. The van der Waals surface area contributed by atoms with E-state index in [4.69, 9.17) is 4.74 Å². The normalized spacial score (nSPS) is 15.4. The number of rotatable bonds is 6. The summed E-state index contributed by atoms with van der Waals surface area (Å²) >= 11 is 0. The van der Waals surface area contributed by atoms with Gasteiger partial charge in [-0.1, -0.05) is 58.9 Å². The molecule has 2 nitrogen and oxygen atoms in total. The second kappa shape index (κ2) is 7.24. The molecule has 0 saturated carbocycles. The van der Waals surface area contributed by atoms with Gasteiger partial charge < -0.3 is 9.84 Å². The van der Waals surface area contributed by atoms with Crippen LogP contribution in [0.5, 0.6) is 0 Å². The van der Waals surface area contributed by atoms with Crippen molar-refractivity contribution in [3.05, 3.63) is 35.4 Å². The Labute approximate surface area is 124 Å². The Morgan fingerprint density at radius 3 is 2.05 bits per heavy atom. The number of hydrogen-bond acceptors (Lipinski definition) is 2. The van der Waals surface area contributed by atoms with Crippen molar-refractivity contribution in [1.82, 2.24) is 0 Å². The fourth-order valence-corrected chi connectivity index (χ4v) is 2.29. The van der Waals surface area contributed by atoms with Gasteiger partial charge in [-0.3, -0.25) is 0 Å². The molecule has 2 heteroatoms. The van der Waals surface area contributed by atoms with Crippen molar-refractivity contribution in [2.75, 3.05) is 6.61 Å². The molecule has 0 fully saturated rings. The summed E-state index contributed by atoms with van der Waals surface area (Å²) in [5, 5.41) is 10.2. The minimum absolute atomic E-state index is 0.145. The molecule has 1 rings (SSSR count). The molecule has 0 aliphatic rings. The highest BCUT2D eigenvalue weighted by Crippen LogP contribution is 2.24. The molecule has 0 spiro atoms. The largest absolute Gasteiger partial charge is 0.386 e. The van der Waals surface area contributed by atoms with Crippen LogP contribution in [-0.4, -0.2) is 17.8 Å². The van der Waals surface area contributed by atoms with E-state index in [9.17, 15) is 5.11 Å². The molecule has 0 aliphatic carbocycles.